The standard InChI is InChI=1S/C22H28N8/c23-17-10-13(11-22(17)4-8-24-9-5-22)16-12-27-19-18(29-30-21(19)28-16)14-3-7-26-20-15(14)2-1-6-25-20/h3,7,12-13,17,24H,1-2,4-6,8-11,23H2,(H,25,26)(H,28,29,30). The zero-order valence-corrected chi connectivity index (χ0v) is 17.1. The number of anilines is 1. The van der Waals surface area contributed by atoms with Crippen molar-refractivity contribution in [3.05, 3.63) is 29.7 Å². The first-order valence-corrected chi connectivity index (χ1v) is 11.1. The first-order valence-electron chi connectivity index (χ1n) is 11.1. The quantitative estimate of drug-likeness (QED) is 0.518. The minimum Gasteiger partial charge on any atom is -0.370 e. The lowest BCUT2D eigenvalue weighted by Gasteiger charge is -2.37. The van der Waals surface area contributed by atoms with Gasteiger partial charge in [-0.1, -0.05) is 0 Å². The monoisotopic (exact) mass is 404 g/mol. The number of fused-ring (bicyclic) bond motifs is 2. The Hall–Kier alpha value is -2.58. The number of nitrogens with one attached hydrogen (secondary N) is 3. The molecule has 3 aromatic heterocycles. The van der Waals surface area contributed by atoms with E-state index >= 15 is 0 Å². The number of hydrogen-bond acceptors (Lipinski definition) is 7. The van der Waals surface area contributed by atoms with Gasteiger partial charge in [-0.15, -0.1) is 0 Å². The number of nitrogens with two attached hydrogens (primary N) is 1. The van der Waals surface area contributed by atoms with Gasteiger partial charge in [0.1, 0.15) is 11.3 Å². The molecule has 5 N–H and O–H groups in total. The normalized spacial score (nSPS) is 25.4. The molecule has 0 aromatic carbocycles. The van der Waals surface area contributed by atoms with Crippen LogP contribution in [-0.4, -0.2) is 50.8 Å². The predicted molar refractivity (Wildman–Crippen MR) is 116 cm³/mol. The van der Waals surface area contributed by atoms with E-state index in [1.54, 1.807) is 0 Å². The van der Waals surface area contributed by atoms with E-state index in [0.717, 1.165) is 86.4 Å². The highest BCUT2D eigenvalue weighted by Crippen LogP contribution is 2.50. The molecule has 1 spiro atoms. The van der Waals surface area contributed by atoms with Gasteiger partial charge in [-0.25, -0.2) is 15.0 Å². The van der Waals surface area contributed by atoms with E-state index in [1.807, 2.05) is 18.5 Å². The van der Waals surface area contributed by atoms with Gasteiger partial charge in [-0.2, -0.15) is 5.10 Å². The van der Waals surface area contributed by atoms with Crippen LogP contribution in [0.25, 0.3) is 22.4 Å². The van der Waals surface area contributed by atoms with Crippen LogP contribution in [0.5, 0.6) is 0 Å². The Morgan fingerprint density at radius 1 is 1.13 bits per heavy atom. The Morgan fingerprint density at radius 2 is 2.03 bits per heavy atom. The van der Waals surface area contributed by atoms with Crippen molar-refractivity contribution in [1.29, 1.82) is 0 Å². The molecular formula is C22H28N8. The summed E-state index contributed by atoms with van der Waals surface area (Å²) in [5.74, 6) is 1.34. The zero-order chi connectivity index (χ0) is 20.1. The molecule has 2 fully saturated rings. The number of rotatable bonds is 2. The molecule has 0 amide bonds. The van der Waals surface area contributed by atoms with Crippen LogP contribution in [0, 0.1) is 5.41 Å². The third-order valence-corrected chi connectivity index (χ3v) is 7.50. The fraction of sp³-hybridized carbons (Fsp3) is 0.545. The molecule has 3 aliphatic rings. The molecule has 2 unspecified atom stereocenters. The van der Waals surface area contributed by atoms with Crippen molar-refractivity contribution < 1.29 is 0 Å². The summed E-state index contributed by atoms with van der Waals surface area (Å²) in [5.41, 5.74) is 12.7. The third kappa shape index (κ3) is 2.81. The summed E-state index contributed by atoms with van der Waals surface area (Å²) in [6.45, 7) is 3.11. The van der Waals surface area contributed by atoms with Gasteiger partial charge in [0.2, 0.25) is 5.65 Å². The molecule has 0 radical (unpaired) electrons. The summed E-state index contributed by atoms with van der Waals surface area (Å²) in [6, 6.07) is 2.29. The van der Waals surface area contributed by atoms with Crippen molar-refractivity contribution in [2.75, 3.05) is 25.0 Å². The maximum Gasteiger partial charge on any atom is 0.200 e. The van der Waals surface area contributed by atoms with E-state index < -0.39 is 0 Å². The Balaban J connectivity index is 1.34. The molecular weight excluding hydrogens is 376 g/mol. The van der Waals surface area contributed by atoms with Crippen molar-refractivity contribution >= 4 is 17.0 Å². The van der Waals surface area contributed by atoms with Crippen LogP contribution >= 0.6 is 0 Å². The topological polar surface area (TPSA) is 117 Å². The van der Waals surface area contributed by atoms with Gasteiger partial charge in [-0.3, -0.25) is 5.10 Å². The minimum atomic E-state index is 0.243. The van der Waals surface area contributed by atoms with E-state index in [1.165, 1.54) is 5.56 Å². The van der Waals surface area contributed by atoms with Gasteiger partial charge >= 0.3 is 0 Å². The van der Waals surface area contributed by atoms with Crippen LogP contribution in [0.15, 0.2) is 18.5 Å². The molecule has 0 bridgehead atoms. The molecule has 8 nitrogen and oxygen atoms in total. The molecule has 6 rings (SSSR count). The van der Waals surface area contributed by atoms with Crippen LogP contribution in [0.2, 0.25) is 0 Å². The lowest BCUT2D eigenvalue weighted by molar-refractivity contribution is 0.181. The van der Waals surface area contributed by atoms with Crippen molar-refractivity contribution in [1.82, 2.24) is 30.5 Å². The third-order valence-electron chi connectivity index (χ3n) is 7.50. The fourth-order valence-electron chi connectivity index (χ4n) is 5.80. The van der Waals surface area contributed by atoms with Crippen molar-refractivity contribution in [3.8, 4) is 11.3 Å². The van der Waals surface area contributed by atoms with E-state index in [2.05, 4.69) is 25.8 Å². The van der Waals surface area contributed by atoms with Crippen LogP contribution in [-0.2, 0) is 6.42 Å². The number of H-pyrrole nitrogens is 1. The Labute approximate surface area is 175 Å². The maximum absolute atomic E-state index is 6.62. The van der Waals surface area contributed by atoms with Crippen LogP contribution in [0.1, 0.15) is 49.3 Å². The number of aromatic nitrogens is 5. The zero-order valence-electron chi connectivity index (χ0n) is 17.1. The van der Waals surface area contributed by atoms with Gasteiger partial charge in [0.25, 0.3) is 0 Å². The Bertz CT molecular complexity index is 1080. The number of nitrogens with zero attached hydrogens (tertiary/aromatic N) is 4. The Kier molecular flexibility index (Phi) is 4.24. The first kappa shape index (κ1) is 18.2. The van der Waals surface area contributed by atoms with Gasteiger partial charge in [0.15, 0.2) is 0 Å². The number of piperidine rings is 1. The maximum atomic E-state index is 6.62. The summed E-state index contributed by atoms with van der Waals surface area (Å²) < 4.78 is 0. The van der Waals surface area contributed by atoms with Gasteiger partial charge in [-0.05, 0) is 63.1 Å². The molecule has 2 atom stereocenters. The summed E-state index contributed by atoms with van der Waals surface area (Å²) in [4.78, 5) is 14.2. The molecule has 3 aromatic rings. The summed E-state index contributed by atoms with van der Waals surface area (Å²) >= 11 is 0. The lowest BCUT2D eigenvalue weighted by atomic mass is 9.74. The molecule has 5 heterocycles. The van der Waals surface area contributed by atoms with E-state index in [0.29, 0.717) is 11.6 Å². The van der Waals surface area contributed by atoms with Crippen molar-refractivity contribution in [3.63, 3.8) is 0 Å². The summed E-state index contributed by atoms with van der Waals surface area (Å²) in [7, 11) is 0. The SMILES string of the molecule is NC1CC(c2cnc3c(-c4ccnc5c4CCCN5)[nH]nc3n2)CC12CCNCC2. The fourth-order valence-corrected chi connectivity index (χ4v) is 5.80. The molecule has 30 heavy (non-hydrogen) atoms. The van der Waals surface area contributed by atoms with Crippen LogP contribution in [0.3, 0.4) is 0 Å². The second kappa shape index (κ2) is 6.99. The lowest BCUT2D eigenvalue weighted by Crippen LogP contribution is -2.45. The van der Waals surface area contributed by atoms with Crippen molar-refractivity contribution in [2.45, 2.75) is 50.5 Å². The highest BCUT2D eigenvalue weighted by molar-refractivity contribution is 5.89. The van der Waals surface area contributed by atoms with Gasteiger partial charge in [0, 0.05) is 42.0 Å². The number of aromatic amines is 1. The highest BCUT2D eigenvalue weighted by atomic mass is 15.2. The number of hydrogen-bond donors (Lipinski definition) is 4. The van der Waals surface area contributed by atoms with Crippen LogP contribution in [0.4, 0.5) is 5.82 Å². The molecule has 2 aliphatic heterocycles. The number of pyridine rings is 1. The summed E-state index contributed by atoms with van der Waals surface area (Å²) in [6.07, 6.45) is 10.3. The first-order chi connectivity index (χ1) is 14.7. The average Bonchev–Trinajstić information content (AvgIpc) is 3.35. The largest absolute Gasteiger partial charge is 0.370 e. The predicted octanol–water partition coefficient (Wildman–Crippen LogP) is 2.35. The van der Waals surface area contributed by atoms with E-state index in [4.69, 9.17) is 15.7 Å². The average molecular weight is 405 g/mol. The molecule has 1 aliphatic carbocycles. The van der Waals surface area contributed by atoms with E-state index in [9.17, 15) is 0 Å². The molecule has 8 heteroatoms. The smallest absolute Gasteiger partial charge is 0.200 e. The molecule has 1 saturated heterocycles. The molecule has 1 saturated carbocycles. The highest BCUT2D eigenvalue weighted by Gasteiger charge is 2.46. The van der Waals surface area contributed by atoms with Gasteiger partial charge in [0.05, 0.1) is 11.4 Å². The van der Waals surface area contributed by atoms with Crippen molar-refractivity contribution in [2.24, 2.45) is 11.1 Å². The Morgan fingerprint density at radius 3 is 2.93 bits per heavy atom. The summed E-state index contributed by atoms with van der Waals surface area (Å²) in [5, 5.41) is 14.6. The second-order valence-electron chi connectivity index (χ2n) is 9.14. The molecule has 156 valence electrons. The second-order valence-corrected chi connectivity index (χ2v) is 9.14. The minimum absolute atomic E-state index is 0.243. The van der Waals surface area contributed by atoms with E-state index in [-0.39, 0.29) is 11.5 Å². The van der Waals surface area contributed by atoms with Gasteiger partial charge < -0.3 is 16.4 Å². The van der Waals surface area contributed by atoms with Crippen LogP contribution < -0.4 is 16.4 Å².